The molecule has 0 aromatic heterocycles. The zero-order valence-electron chi connectivity index (χ0n) is 18.3. The Kier molecular flexibility index (Phi) is 0.612. The van der Waals surface area contributed by atoms with Crippen molar-refractivity contribution in [1.29, 1.82) is 0 Å². The number of quaternary nitrogens is 1. The van der Waals surface area contributed by atoms with Crippen molar-refractivity contribution in [3.8, 4) is 0 Å². The van der Waals surface area contributed by atoms with Crippen molar-refractivity contribution in [2.24, 2.45) is 0 Å². The topological polar surface area (TPSA) is 60.4 Å². The van der Waals surface area contributed by atoms with Gasteiger partial charge in [-0.25, -0.2) is 0 Å². The van der Waals surface area contributed by atoms with Crippen LogP contribution >= 0.6 is 0 Å². The van der Waals surface area contributed by atoms with Crippen molar-refractivity contribution in [2.75, 3.05) is 27.4 Å². The molecule has 0 saturated heterocycles. The molecule has 0 spiro atoms. The Hall–Kier alpha value is -0.610. The number of hydrogen-bond donors (Lipinski definition) is 1. The molecule has 4 nitrogen and oxygen atoms in total. The van der Waals surface area contributed by atoms with Crippen molar-refractivity contribution in [3.05, 3.63) is 0 Å². The molecule has 0 aromatic rings. The summed E-state index contributed by atoms with van der Waals surface area (Å²) in [5, 5.41) is 20.5. The minimum absolute atomic E-state index is 2.68. The summed E-state index contributed by atoms with van der Waals surface area (Å²) in [4.78, 5) is 10.7. The Morgan fingerprint density at radius 1 is 1.82 bits per heavy atom. The lowest BCUT2D eigenvalue weighted by atomic mass is 10.2. The fourth-order valence-corrected chi connectivity index (χ4v) is 0.327. The number of aliphatic hydroxyl groups excluding tert-OH is 1. The van der Waals surface area contributed by atoms with Crippen LogP contribution in [0, 0.1) is 0 Å². The highest BCUT2D eigenvalue weighted by Crippen LogP contribution is 1.97. The van der Waals surface area contributed by atoms with E-state index in [1.807, 2.05) is 0 Å². The summed E-state index contributed by atoms with van der Waals surface area (Å²) in [6.07, 6.45) is -7.47. The van der Waals surface area contributed by atoms with Gasteiger partial charge in [-0.05, 0) is 0 Å². The van der Waals surface area contributed by atoms with Crippen LogP contribution in [0.3, 0.4) is 0 Å². The van der Waals surface area contributed by atoms with Crippen molar-refractivity contribution >= 4 is 5.97 Å². The average Bonchev–Trinajstić information content (AvgIpc) is 2.20. The van der Waals surface area contributed by atoms with E-state index in [0.29, 0.717) is 0 Å². The minimum atomic E-state index is -4.30. The molecule has 0 fully saturated rings. The highest BCUT2D eigenvalue weighted by Gasteiger charge is 2.14. The first kappa shape index (κ1) is 1.83. The van der Waals surface area contributed by atoms with Gasteiger partial charge in [-0.2, -0.15) is 0 Å². The van der Waals surface area contributed by atoms with Crippen LogP contribution in [0.4, 0.5) is 0 Å². The molecule has 0 saturated carbocycles. The van der Waals surface area contributed by atoms with E-state index in [-0.39, 0.29) is 0 Å². The summed E-state index contributed by atoms with van der Waals surface area (Å²) in [6.45, 7) is -16.7. The largest absolute Gasteiger partial charge is 0.550 e. The molecule has 0 aliphatic heterocycles. The van der Waals surface area contributed by atoms with Gasteiger partial charge in [0.25, 0.3) is 0 Å². The molecule has 4 heteroatoms. The van der Waals surface area contributed by atoms with Crippen LogP contribution in [0.25, 0.3) is 0 Å². The maximum absolute atomic E-state index is 10.7. The highest BCUT2D eigenvalue weighted by atomic mass is 16.4. The first-order chi connectivity index (χ1) is 10.1. The number of aliphatic carboxylic acids is 1. The summed E-state index contributed by atoms with van der Waals surface area (Å²) in [5.74, 6) is -2.68. The first-order valence-electron chi connectivity index (χ1n) is 8.89. The van der Waals surface area contributed by atoms with E-state index in [4.69, 9.17) is 17.8 Å². The lowest BCUT2D eigenvalue weighted by molar-refractivity contribution is -0.873. The number of carbonyl (C=O) groups is 1. The van der Waals surface area contributed by atoms with E-state index < -0.39 is 50.4 Å². The summed E-state index contributed by atoms with van der Waals surface area (Å²) in [6, 6.07) is 0. The van der Waals surface area contributed by atoms with Crippen molar-refractivity contribution < 1.29 is 37.3 Å². The number of nitrogens with zero attached hydrogens (tertiary/aromatic N) is 1. The lowest BCUT2D eigenvalue weighted by Gasteiger charge is -2.26. The molecule has 1 N–H and O–H groups in total. The zero-order chi connectivity index (χ0) is 20.2. The molecular weight excluding hydrogens is 146 g/mol. The monoisotopic (exact) mass is 174 g/mol. The van der Waals surface area contributed by atoms with Crippen LogP contribution in [0.5, 0.6) is 0 Å². The molecule has 0 aliphatic carbocycles. The molecule has 0 rings (SSSR count). The fourth-order valence-electron chi connectivity index (χ4n) is 0.327. The molecule has 0 heterocycles. The molecule has 0 amide bonds. The van der Waals surface area contributed by atoms with Gasteiger partial charge < -0.3 is 19.5 Å². The molecular formula is C7H15NO3. The van der Waals surface area contributed by atoms with Gasteiger partial charge in [-0.1, -0.05) is 0 Å². The van der Waals surface area contributed by atoms with E-state index in [1.165, 1.54) is 0 Å². The van der Waals surface area contributed by atoms with Gasteiger partial charge in [-0.15, -0.1) is 0 Å². The van der Waals surface area contributed by atoms with Crippen LogP contribution < -0.4 is 5.11 Å². The summed E-state index contributed by atoms with van der Waals surface area (Å²) in [5.41, 5.74) is 0. The average molecular weight is 174 g/mol. The summed E-state index contributed by atoms with van der Waals surface area (Å²) < 4.78 is 91.4. The van der Waals surface area contributed by atoms with E-state index in [2.05, 4.69) is 0 Å². The quantitative estimate of drug-likeness (QED) is 0.511. The second-order valence-electron chi connectivity index (χ2n) is 1.63. The van der Waals surface area contributed by atoms with Gasteiger partial charge in [-0.3, -0.25) is 0 Å². The zero-order valence-corrected chi connectivity index (χ0v) is 5.29. The normalized spacial score (nSPS) is 38.1. The van der Waals surface area contributed by atoms with Gasteiger partial charge in [0.1, 0.15) is 12.6 Å². The first-order valence-corrected chi connectivity index (χ1v) is 2.39. The second kappa shape index (κ2) is 3.69. The standard InChI is InChI=1S/C7H15NO3/c1-8(2,3)5-6(9)4-7(10)11/h6,9H,4-5H2,1-3H3/t6-/m1/s1/i1D3,2D3,3D3,4D2,5D2. The molecule has 1 atom stereocenters. The Morgan fingerprint density at radius 3 is 2.73 bits per heavy atom. The van der Waals surface area contributed by atoms with Crippen molar-refractivity contribution in [3.63, 3.8) is 0 Å². The number of aliphatic hydroxyl groups is 1. The van der Waals surface area contributed by atoms with E-state index >= 15 is 0 Å². The fraction of sp³-hybridized carbons (Fsp3) is 0.857. The SMILES string of the molecule is [2H]C([2H])(C(=O)[O-])[C@@H](O)C([2H])([2H])[N+](C([2H])([2H])[2H])(C([2H])([2H])[2H])C([2H])([2H])[2H]. The van der Waals surface area contributed by atoms with Crippen LogP contribution in [0.15, 0.2) is 0 Å². The van der Waals surface area contributed by atoms with Gasteiger partial charge in [0.15, 0.2) is 0 Å². The number of rotatable bonds is 4. The molecule has 0 unspecified atom stereocenters. The molecule has 0 radical (unpaired) electrons. The smallest absolute Gasteiger partial charge is 0.108 e. The number of carboxylic acids is 1. The van der Waals surface area contributed by atoms with E-state index in [9.17, 15) is 15.0 Å². The van der Waals surface area contributed by atoms with Crippen molar-refractivity contribution in [1.82, 2.24) is 0 Å². The maximum Gasteiger partial charge on any atom is 0.108 e. The summed E-state index contributed by atoms with van der Waals surface area (Å²) in [7, 11) is 0. The third-order valence-corrected chi connectivity index (χ3v) is 0.571. The van der Waals surface area contributed by atoms with E-state index in [0.717, 1.165) is 0 Å². The third-order valence-electron chi connectivity index (χ3n) is 0.571. The van der Waals surface area contributed by atoms with Gasteiger partial charge in [0.2, 0.25) is 0 Å². The lowest BCUT2D eigenvalue weighted by Crippen LogP contribution is -2.43. The van der Waals surface area contributed by atoms with Crippen LogP contribution in [0.1, 0.15) is 24.2 Å². The molecule has 66 valence electrons. The minimum Gasteiger partial charge on any atom is -0.550 e. The Balaban J connectivity index is 6.95. The third kappa shape index (κ3) is 7.29. The van der Waals surface area contributed by atoms with Crippen LogP contribution in [-0.2, 0) is 4.79 Å². The van der Waals surface area contributed by atoms with Crippen molar-refractivity contribution in [2.45, 2.75) is 12.5 Å². The summed E-state index contributed by atoms with van der Waals surface area (Å²) >= 11 is 0. The number of likely N-dealkylation sites (N-methyl/N-ethyl adjacent to an activating group) is 1. The Bertz CT molecular complexity index is 453. The number of hydrogen-bond acceptors (Lipinski definition) is 3. The molecule has 0 aromatic carbocycles. The second-order valence-corrected chi connectivity index (χ2v) is 1.63. The predicted octanol–water partition coefficient (Wildman–Crippen LogP) is -1.81. The van der Waals surface area contributed by atoms with Gasteiger partial charge in [0.05, 0.1) is 36.0 Å². The highest BCUT2D eigenvalue weighted by molar-refractivity contribution is 5.64. The number of carbonyl (C=O) groups excluding carboxylic acids is 1. The van der Waals surface area contributed by atoms with Crippen LogP contribution in [-0.4, -0.2) is 49.1 Å². The maximum atomic E-state index is 10.7. The molecule has 0 bridgehead atoms. The molecule has 0 aliphatic rings. The Morgan fingerprint density at radius 2 is 2.36 bits per heavy atom. The number of carboxylic acid groups (broad SMARTS) is 1. The predicted molar refractivity (Wildman–Crippen MR) is 38.5 cm³/mol. The Labute approximate surface area is 84.9 Å². The van der Waals surface area contributed by atoms with E-state index in [1.54, 1.807) is 0 Å². The molecule has 11 heavy (non-hydrogen) atoms. The van der Waals surface area contributed by atoms with Gasteiger partial charge in [0, 0.05) is 15.1 Å². The van der Waals surface area contributed by atoms with Gasteiger partial charge >= 0.3 is 0 Å². The van der Waals surface area contributed by atoms with Crippen LogP contribution in [0.2, 0.25) is 0 Å².